The molecule has 5 nitrogen and oxygen atoms in total. The molecule has 0 heterocycles. The molecule has 0 radical (unpaired) electrons. The summed E-state index contributed by atoms with van der Waals surface area (Å²) in [4.78, 5) is 24.0. The number of rotatable bonds is 5. The lowest BCUT2D eigenvalue weighted by Crippen LogP contribution is -2.21. The van der Waals surface area contributed by atoms with E-state index in [1.165, 1.54) is 19.2 Å². The zero-order chi connectivity index (χ0) is 17.7. The number of carbonyl (C=O) groups excluding carboxylic acids is 2. The molecule has 2 rings (SSSR count). The number of nitrogens with one attached hydrogen (secondary N) is 2. The largest absolute Gasteiger partial charge is 0.495 e. The Morgan fingerprint density at radius 1 is 0.917 bits per heavy atom. The maximum atomic E-state index is 12.0. The molecule has 2 N–H and O–H groups in total. The number of halogens is 3. The van der Waals surface area contributed by atoms with Crippen molar-refractivity contribution in [3.63, 3.8) is 0 Å². The topological polar surface area (TPSA) is 67.4 Å². The number of hydrogen-bond donors (Lipinski definition) is 2. The van der Waals surface area contributed by atoms with E-state index in [9.17, 15) is 9.59 Å². The number of carbonyl (C=O) groups is 2. The molecule has 24 heavy (non-hydrogen) atoms. The Morgan fingerprint density at radius 2 is 1.50 bits per heavy atom. The van der Waals surface area contributed by atoms with Gasteiger partial charge in [0.25, 0.3) is 0 Å². The summed E-state index contributed by atoms with van der Waals surface area (Å²) >= 11 is 17.6. The van der Waals surface area contributed by atoms with Gasteiger partial charge in [0.1, 0.15) is 12.2 Å². The summed E-state index contributed by atoms with van der Waals surface area (Å²) in [6.45, 7) is 0. The average molecular weight is 388 g/mol. The Labute approximate surface area is 153 Å². The van der Waals surface area contributed by atoms with Crippen molar-refractivity contribution in [1.29, 1.82) is 0 Å². The van der Waals surface area contributed by atoms with Gasteiger partial charge in [0, 0.05) is 10.0 Å². The molecule has 8 heteroatoms. The molecule has 0 spiro atoms. The minimum absolute atomic E-state index is 0.285. The number of methoxy groups -OCH3 is 1. The molecule has 0 aliphatic carbocycles. The van der Waals surface area contributed by atoms with Gasteiger partial charge in [0.15, 0.2) is 0 Å². The predicted octanol–water partition coefficient (Wildman–Crippen LogP) is 4.62. The van der Waals surface area contributed by atoms with Gasteiger partial charge < -0.3 is 15.4 Å². The maximum Gasteiger partial charge on any atom is 0.233 e. The van der Waals surface area contributed by atoms with E-state index >= 15 is 0 Å². The molecule has 2 aromatic rings. The molecule has 126 valence electrons. The summed E-state index contributed by atoms with van der Waals surface area (Å²) in [5.74, 6) is -0.593. The predicted molar refractivity (Wildman–Crippen MR) is 96.3 cm³/mol. The van der Waals surface area contributed by atoms with Crippen molar-refractivity contribution in [1.82, 2.24) is 0 Å². The highest BCUT2D eigenvalue weighted by Crippen LogP contribution is 2.28. The van der Waals surface area contributed by atoms with Crippen molar-refractivity contribution in [3.05, 3.63) is 51.5 Å². The van der Waals surface area contributed by atoms with Gasteiger partial charge in [-0.05, 0) is 36.4 Å². The minimum atomic E-state index is -0.516. The Morgan fingerprint density at radius 3 is 2.12 bits per heavy atom. The minimum Gasteiger partial charge on any atom is -0.495 e. The molecule has 0 saturated carbocycles. The van der Waals surface area contributed by atoms with Gasteiger partial charge in [0.05, 0.1) is 23.5 Å². The highest BCUT2D eigenvalue weighted by atomic mass is 35.5. The van der Waals surface area contributed by atoms with Gasteiger partial charge in [-0.25, -0.2) is 0 Å². The smallest absolute Gasteiger partial charge is 0.233 e. The van der Waals surface area contributed by atoms with E-state index in [1.807, 2.05) is 0 Å². The van der Waals surface area contributed by atoms with Gasteiger partial charge in [-0.1, -0.05) is 34.8 Å². The SMILES string of the molecule is COc1ccc(Cl)cc1NC(=O)CC(=O)Nc1ccc(Cl)cc1Cl. The standard InChI is InChI=1S/C16H13Cl3N2O3/c1-24-14-5-3-10(18)7-13(14)21-16(23)8-15(22)20-12-4-2-9(17)6-11(12)19/h2-7H,8H2,1H3,(H,20,22)(H,21,23). The highest BCUT2D eigenvalue weighted by Gasteiger charge is 2.14. The Bertz CT molecular complexity index is 781. The van der Waals surface area contributed by atoms with Crippen LogP contribution in [-0.4, -0.2) is 18.9 Å². The summed E-state index contributed by atoms with van der Waals surface area (Å²) in [5, 5.41) is 6.29. The van der Waals surface area contributed by atoms with Gasteiger partial charge >= 0.3 is 0 Å². The van der Waals surface area contributed by atoms with E-state index in [1.54, 1.807) is 24.3 Å². The lowest BCUT2D eigenvalue weighted by molar-refractivity contribution is -0.123. The number of hydrogen-bond acceptors (Lipinski definition) is 3. The van der Waals surface area contributed by atoms with Crippen molar-refractivity contribution in [2.45, 2.75) is 6.42 Å². The fourth-order valence-electron chi connectivity index (χ4n) is 1.90. The summed E-state index contributed by atoms with van der Waals surface area (Å²) in [6, 6.07) is 9.42. The molecule has 0 atom stereocenters. The second-order valence-corrected chi connectivity index (χ2v) is 6.02. The first-order chi connectivity index (χ1) is 11.4. The van der Waals surface area contributed by atoms with Crippen molar-refractivity contribution < 1.29 is 14.3 Å². The monoisotopic (exact) mass is 386 g/mol. The third-order valence-electron chi connectivity index (χ3n) is 2.96. The van der Waals surface area contributed by atoms with Gasteiger partial charge in [0.2, 0.25) is 11.8 Å². The molecule has 2 amide bonds. The van der Waals surface area contributed by atoms with Crippen LogP contribution in [0.25, 0.3) is 0 Å². The summed E-state index contributed by atoms with van der Waals surface area (Å²) in [7, 11) is 1.47. The van der Waals surface area contributed by atoms with Crippen molar-refractivity contribution in [2.24, 2.45) is 0 Å². The van der Waals surface area contributed by atoms with E-state index in [0.717, 1.165) is 0 Å². The molecule has 0 saturated heterocycles. The lowest BCUT2D eigenvalue weighted by Gasteiger charge is -2.11. The molecule has 0 bridgehead atoms. The van der Waals surface area contributed by atoms with Crippen LogP contribution < -0.4 is 15.4 Å². The van der Waals surface area contributed by atoms with Crippen molar-refractivity contribution in [3.8, 4) is 5.75 Å². The Hall–Kier alpha value is -1.95. The van der Waals surface area contributed by atoms with Crippen molar-refractivity contribution >= 4 is 58.0 Å². The van der Waals surface area contributed by atoms with Crippen LogP contribution in [0.2, 0.25) is 15.1 Å². The van der Waals surface area contributed by atoms with Crippen LogP contribution in [0.5, 0.6) is 5.75 Å². The van der Waals surface area contributed by atoms with Crippen LogP contribution in [-0.2, 0) is 9.59 Å². The highest BCUT2D eigenvalue weighted by molar-refractivity contribution is 6.36. The van der Waals surface area contributed by atoms with Gasteiger partial charge in [-0.2, -0.15) is 0 Å². The molecule has 2 aromatic carbocycles. The first kappa shape index (κ1) is 18.4. The van der Waals surface area contributed by atoms with Crippen LogP contribution in [0.15, 0.2) is 36.4 Å². The summed E-state index contributed by atoms with van der Waals surface area (Å²) in [5.41, 5.74) is 0.756. The van der Waals surface area contributed by atoms with E-state index in [0.29, 0.717) is 27.2 Å². The third-order valence-corrected chi connectivity index (χ3v) is 3.74. The van der Waals surface area contributed by atoms with Crippen LogP contribution in [0.3, 0.4) is 0 Å². The maximum absolute atomic E-state index is 12.0. The fraction of sp³-hybridized carbons (Fsp3) is 0.125. The van der Waals surface area contributed by atoms with Crippen LogP contribution in [0.1, 0.15) is 6.42 Å². The Kier molecular flexibility index (Phi) is 6.31. The first-order valence-corrected chi connectivity index (χ1v) is 7.90. The van der Waals surface area contributed by atoms with Gasteiger partial charge in [-0.15, -0.1) is 0 Å². The second kappa shape index (κ2) is 8.24. The first-order valence-electron chi connectivity index (χ1n) is 6.77. The molecule has 0 unspecified atom stereocenters. The molecule has 0 fully saturated rings. The van der Waals surface area contributed by atoms with Crippen LogP contribution in [0.4, 0.5) is 11.4 Å². The van der Waals surface area contributed by atoms with Gasteiger partial charge in [-0.3, -0.25) is 9.59 Å². The fourth-order valence-corrected chi connectivity index (χ4v) is 2.53. The number of amides is 2. The summed E-state index contributed by atoms with van der Waals surface area (Å²) < 4.78 is 5.12. The van der Waals surface area contributed by atoms with Crippen LogP contribution in [0, 0.1) is 0 Å². The van der Waals surface area contributed by atoms with E-state index in [2.05, 4.69) is 10.6 Å². The third kappa shape index (κ3) is 5.03. The molecule has 0 aromatic heterocycles. The number of ether oxygens (including phenoxy) is 1. The average Bonchev–Trinajstić information content (AvgIpc) is 2.50. The Balaban J connectivity index is 1.99. The normalized spacial score (nSPS) is 10.2. The number of anilines is 2. The zero-order valence-electron chi connectivity index (χ0n) is 12.5. The lowest BCUT2D eigenvalue weighted by atomic mass is 10.2. The van der Waals surface area contributed by atoms with E-state index < -0.39 is 18.2 Å². The molecule has 0 aliphatic rings. The molecular formula is C16H13Cl3N2O3. The summed E-state index contributed by atoms with van der Waals surface area (Å²) in [6.07, 6.45) is -0.394. The van der Waals surface area contributed by atoms with E-state index in [4.69, 9.17) is 39.5 Å². The quantitative estimate of drug-likeness (QED) is 0.735. The molecule has 0 aliphatic heterocycles. The molecular weight excluding hydrogens is 375 g/mol. The number of benzene rings is 2. The second-order valence-electron chi connectivity index (χ2n) is 4.74. The van der Waals surface area contributed by atoms with Crippen LogP contribution >= 0.6 is 34.8 Å². The zero-order valence-corrected chi connectivity index (χ0v) is 14.8. The van der Waals surface area contributed by atoms with E-state index in [-0.39, 0.29) is 5.02 Å². The van der Waals surface area contributed by atoms with Crippen molar-refractivity contribution in [2.75, 3.05) is 17.7 Å².